The quantitative estimate of drug-likeness (QED) is 0.843. The standard InChI is InChI=1S/C18H26FN7O/c1-24-15(22-23-16(24)12-27)10-13-4-8-26(9-5-13)18-20-11-14(19)17(21-18)25-6-2-3-7-25/h11,13,27H,2-10,12H2,1H3. The largest absolute Gasteiger partial charge is 0.388 e. The van der Waals surface area contributed by atoms with Crippen LogP contribution in [-0.2, 0) is 20.1 Å². The average molecular weight is 375 g/mol. The van der Waals surface area contributed by atoms with Crippen LogP contribution in [0.15, 0.2) is 6.20 Å². The first-order chi connectivity index (χ1) is 13.2. The molecule has 27 heavy (non-hydrogen) atoms. The maximum Gasteiger partial charge on any atom is 0.227 e. The molecule has 2 fully saturated rings. The van der Waals surface area contributed by atoms with Crippen molar-refractivity contribution in [2.45, 2.75) is 38.7 Å². The maximum absolute atomic E-state index is 14.1. The highest BCUT2D eigenvalue weighted by atomic mass is 19.1. The normalized spacial score (nSPS) is 18.5. The van der Waals surface area contributed by atoms with Crippen LogP contribution in [0.3, 0.4) is 0 Å². The van der Waals surface area contributed by atoms with Gasteiger partial charge in [-0.2, -0.15) is 4.98 Å². The molecule has 4 rings (SSSR count). The second-order valence-corrected chi connectivity index (χ2v) is 7.42. The van der Waals surface area contributed by atoms with E-state index in [0.29, 0.717) is 23.5 Å². The summed E-state index contributed by atoms with van der Waals surface area (Å²) in [5.41, 5.74) is 0. The number of aliphatic hydroxyl groups is 1. The molecule has 2 saturated heterocycles. The van der Waals surface area contributed by atoms with E-state index < -0.39 is 0 Å². The molecule has 2 aromatic heterocycles. The Morgan fingerprint density at radius 1 is 1.07 bits per heavy atom. The van der Waals surface area contributed by atoms with Crippen LogP contribution in [0, 0.1) is 11.7 Å². The second-order valence-electron chi connectivity index (χ2n) is 7.42. The fourth-order valence-corrected chi connectivity index (χ4v) is 3.96. The van der Waals surface area contributed by atoms with Crippen molar-refractivity contribution >= 4 is 11.8 Å². The summed E-state index contributed by atoms with van der Waals surface area (Å²) in [4.78, 5) is 12.9. The predicted molar refractivity (Wildman–Crippen MR) is 99.0 cm³/mol. The average Bonchev–Trinajstić information content (AvgIpc) is 3.34. The van der Waals surface area contributed by atoms with E-state index in [-0.39, 0.29) is 12.4 Å². The fraction of sp³-hybridized carbons (Fsp3) is 0.667. The van der Waals surface area contributed by atoms with Gasteiger partial charge in [0, 0.05) is 39.6 Å². The number of hydrogen-bond acceptors (Lipinski definition) is 7. The van der Waals surface area contributed by atoms with Crippen molar-refractivity contribution in [3.63, 3.8) is 0 Å². The zero-order valence-corrected chi connectivity index (χ0v) is 15.7. The summed E-state index contributed by atoms with van der Waals surface area (Å²) < 4.78 is 16.0. The van der Waals surface area contributed by atoms with Crippen molar-refractivity contribution in [3.8, 4) is 0 Å². The molecule has 0 saturated carbocycles. The third kappa shape index (κ3) is 3.73. The molecule has 0 spiro atoms. The zero-order valence-electron chi connectivity index (χ0n) is 15.7. The van der Waals surface area contributed by atoms with Crippen molar-refractivity contribution in [2.24, 2.45) is 13.0 Å². The van der Waals surface area contributed by atoms with E-state index in [1.54, 1.807) is 0 Å². The van der Waals surface area contributed by atoms with Gasteiger partial charge in [-0.1, -0.05) is 0 Å². The van der Waals surface area contributed by atoms with Crippen molar-refractivity contribution in [2.75, 3.05) is 36.0 Å². The number of anilines is 2. The molecule has 146 valence electrons. The number of halogens is 1. The van der Waals surface area contributed by atoms with Crippen LogP contribution < -0.4 is 9.80 Å². The number of hydrogen-bond donors (Lipinski definition) is 1. The van der Waals surface area contributed by atoms with Crippen LogP contribution in [-0.4, -0.2) is 56.0 Å². The molecule has 0 aromatic carbocycles. The van der Waals surface area contributed by atoms with Crippen LogP contribution in [0.4, 0.5) is 16.2 Å². The summed E-state index contributed by atoms with van der Waals surface area (Å²) in [6, 6.07) is 0. The van der Waals surface area contributed by atoms with E-state index >= 15 is 0 Å². The molecule has 0 bridgehead atoms. The molecular formula is C18H26FN7O. The highest BCUT2D eigenvalue weighted by Crippen LogP contribution is 2.27. The molecule has 0 unspecified atom stereocenters. The Morgan fingerprint density at radius 3 is 2.44 bits per heavy atom. The molecule has 8 nitrogen and oxygen atoms in total. The van der Waals surface area contributed by atoms with Gasteiger partial charge in [0.25, 0.3) is 0 Å². The predicted octanol–water partition coefficient (Wildman–Crippen LogP) is 1.30. The smallest absolute Gasteiger partial charge is 0.227 e. The number of nitrogens with zero attached hydrogens (tertiary/aromatic N) is 7. The van der Waals surface area contributed by atoms with Crippen molar-refractivity contribution in [3.05, 3.63) is 23.7 Å². The van der Waals surface area contributed by atoms with Gasteiger partial charge >= 0.3 is 0 Å². The molecule has 0 aliphatic carbocycles. The molecule has 0 radical (unpaired) electrons. The molecule has 1 N–H and O–H groups in total. The van der Waals surface area contributed by atoms with Crippen LogP contribution in [0.2, 0.25) is 0 Å². The van der Waals surface area contributed by atoms with Gasteiger partial charge in [0.1, 0.15) is 12.4 Å². The Balaban J connectivity index is 1.39. The van der Waals surface area contributed by atoms with Gasteiger partial charge in [0.05, 0.1) is 6.20 Å². The first-order valence-corrected chi connectivity index (χ1v) is 9.66. The van der Waals surface area contributed by atoms with Crippen molar-refractivity contribution in [1.29, 1.82) is 0 Å². The van der Waals surface area contributed by atoms with E-state index in [1.165, 1.54) is 6.20 Å². The summed E-state index contributed by atoms with van der Waals surface area (Å²) in [6.07, 6.45) is 6.33. The van der Waals surface area contributed by atoms with Gasteiger partial charge in [-0.25, -0.2) is 9.37 Å². The lowest BCUT2D eigenvalue weighted by Gasteiger charge is -2.32. The summed E-state index contributed by atoms with van der Waals surface area (Å²) >= 11 is 0. The molecular weight excluding hydrogens is 349 g/mol. The molecule has 2 aliphatic heterocycles. The maximum atomic E-state index is 14.1. The Bertz CT molecular complexity index is 782. The van der Waals surface area contributed by atoms with E-state index in [9.17, 15) is 9.50 Å². The van der Waals surface area contributed by atoms with Gasteiger partial charge in [-0.3, -0.25) is 0 Å². The summed E-state index contributed by atoms with van der Waals surface area (Å²) in [7, 11) is 1.89. The number of piperidine rings is 1. The fourth-order valence-electron chi connectivity index (χ4n) is 3.96. The Labute approximate surface area is 158 Å². The molecule has 0 atom stereocenters. The lowest BCUT2D eigenvalue weighted by Crippen LogP contribution is -2.36. The highest BCUT2D eigenvalue weighted by Gasteiger charge is 2.25. The van der Waals surface area contributed by atoms with Crippen LogP contribution in [0.5, 0.6) is 0 Å². The first kappa shape index (κ1) is 18.1. The van der Waals surface area contributed by atoms with E-state index in [0.717, 1.165) is 64.1 Å². The van der Waals surface area contributed by atoms with Gasteiger partial charge in [0.15, 0.2) is 17.5 Å². The molecule has 9 heteroatoms. The first-order valence-electron chi connectivity index (χ1n) is 9.66. The van der Waals surface area contributed by atoms with Gasteiger partial charge in [-0.05, 0) is 31.6 Å². The summed E-state index contributed by atoms with van der Waals surface area (Å²) in [5, 5.41) is 17.4. The third-order valence-corrected chi connectivity index (χ3v) is 5.68. The van der Waals surface area contributed by atoms with E-state index in [4.69, 9.17) is 0 Å². The van der Waals surface area contributed by atoms with E-state index in [2.05, 4.69) is 25.1 Å². The van der Waals surface area contributed by atoms with Crippen molar-refractivity contribution in [1.82, 2.24) is 24.7 Å². The minimum atomic E-state index is -0.336. The number of aromatic nitrogens is 5. The van der Waals surface area contributed by atoms with Crippen LogP contribution in [0.25, 0.3) is 0 Å². The van der Waals surface area contributed by atoms with Gasteiger partial charge < -0.3 is 19.5 Å². The molecule has 2 aliphatic rings. The molecule has 4 heterocycles. The highest BCUT2D eigenvalue weighted by molar-refractivity contribution is 5.45. The Hall–Kier alpha value is -2.29. The molecule has 0 amide bonds. The third-order valence-electron chi connectivity index (χ3n) is 5.68. The minimum Gasteiger partial charge on any atom is -0.388 e. The van der Waals surface area contributed by atoms with Crippen LogP contribution in [0.1, 0.15) is 37.3 Å². The Morgan fingerprint density at radius 2 is 1.78 bits per heavy atom. The van der Waals surface area contributed by atoms with Gasteiger partial charge in [0.2, 0.25) is 5.95 Å². The minimum absolute atomic E-state index is 0.0940. The number of rotatable bonds is 5. The summed E-state index contributed by atoms with van der Waals surface area (Å²) in [6.45, 7) is 3.33. The zero-order chi connectivity index (χ0) is 18.8. The topological polar surface area (TPSA) is 83.2 Å². The SMILES string of the molecule is Cn1c(CO)nnc1CC1CCN(c2ncc(F)c(N3CCCC3)n2)CC1. The van der Waals surface area contributed by atoms with Gasteiger partial charge in [-0.15, -0.1) is 10.2 Å². The second kappa shape index (κ2) is 7.75. The lowest BCUT2D eigenvalue weighted by atomic mass is 9.93. The number of aliphatic hydroxyl groups excluding tert-OH is 1. The van der Waals surface area contributed by atoms with Crippen molar-refractivity contribution < 1.29 is 9.50 Å². The van der Waals surface area contributed by atoms with Crippen LogP contribution >= 0.6 is 0 Å². The Kier molecular flexibility index (Phi) is 5.20. The van der Waals surface area contributed by atoms with E-state index in [1.807, 2.05) is 16.5 Å². The lowest BCUT2D eigenvalue weighted by molar-refractivity contribution is 0.266. The summed E-state index contributed by atoms with van der Waals surface area (Å²) in [5.74, 6) is 2.74. The molecule has 2 aromatic rings. The monoisotopic (exact) mass is 375 g/mol.